The van der Waals surface area contributed by atoms with Crippen LogP contribution in [0.15, 0.2) is 121 Å². The van der Waals surface area contributed by atoms with Crippen molar-refractivity contribution in [3.05, 3.63) is 144 Å². The molecule has 6 rings (SSSR count). The molecule has 6 heteroatoms. The van der Waals surface area contributed by atoms with Crippen LogP contribution in [-0.2, 0) is 0 Å². The standard InChI is InChI=1S/C112H174O6/c1-7-13-19-25-31-37-43-49-55-61-87-113-107-93-105(94-108(114-88-62-56-50-44-38-32-26-20-14-8-2)111(107)117-91-65-59-53-47-41-35-29-23-17-11-5)103-83-75-99(76-84-103)69-67-97-71-79-101(80-72-97)102-81-73-98(74-82-102)68-70-100-77-85-104(86-78-100)106-95-109(115-89-63-57-51-45-39-33-27-21-15-9-3)112(118-92-66-60-54-48-42-36-30-24-18-12-6)110(96-106)116-90-64-58-52-46-40-34-28-22-16-10-4/h67-86,93-96H,7-66,87-92H2,1-6H3/b69-67+,70-68+. The van der Waals surface area contributed by atoms with E-state index in [0.29, 0.717) is 39.6 Å². The maximum absolute atomic E-state index is 6.80. The summed E-state index contributed by atoms with van der Waals surface area (Å²) in [6, 6.07) is 44.7. The summed E-state index contributed by atoms with van der Waals surface area (Å²) in [5.74, 6) is 4.84. The first-order chi connectivity index (χ1) is 58.5. The summed E-state index contributed by atoms with van der Waals surface area (Å²) in [4.78, 5) is 0. The highest BCUT2D eigenvalue weighted by Gasteiger charge is 2.20. The Morgan fingerprint density at radius 3 is 0.449 bits per heavy atom. The molecule has 6 nitrogen and oxygen atoms in total. The van der Waals surface area contributed by atoms with Crippen LogP contribution < -0.4 is 28.4 Å². The van der Waals surface area contributed by atoms with Gasteiger partial charge in [-0.15, -0.1) is 0 Å². The predicted molar refractivity (Wildman–Crippen MR) is 518 cm³/mol. The maximum Gasteiger partial charge on any atom is 0.203 e. The van der Waals surface area contributed by atoms with Gasteiger partial charge in [0.25, 0.3) is 0 Å². The summed E-state index contributed by atoms with van der Waals surface area (Å²) in [7, 11) is 0. The van der Waals surface area contributed by atoms with E-state index in [0.717, 1.165) is 106 Å². The molecule has 0 atom stereocenters. The molecule has 0 amide bonds. The van der Waals surface area contributed by atoms with E-state index in [4.69, 9.17) is 28.4 Å². The zero-order valence-electron chi connectivity index (χ0n) is 77.0. The molecule has 0 N–H and O–H groups in total. The lowest BCUT2D eigenvalue weighted by Crippen LogP contribution is -2.07. The van der Waals surface area contributed by atoms with E-state index in [2.05, 4.69) is 187 Å². The van der Waals surface area contributed by atoms with E-state index >= 15 is 0 Å². The molecule has 0 unspecified atom stereocenters. The Kier molecular flexibility index (Phi) is 59.7. The molecule has 0 saturated heterocycles. The SMILES string of the molecule is CCCCCCCCCCCCOc1cc(-c2ccc(/C=C/c3ccc(-c4ccc(/C=C/c5ccc(-c6cc(OCCCCCCCCCCCC)c(OCCCCCCCCCCCC)c(OCCCCCCCCCCCC)c6)cc5)cc4)cc3)cc2)cc(OCCCCCCCCCCCC)c1OCCCCCCCCCCCC. The lowest BCUT2D eigenvalue weighted by Gasteiger charge is -2.19. The van der Waals surface area contributed by atoms with Crippen LogP contribution in [0.2, 0.25) is 0 Å². The van der Waals surface area contributed by atoms with Gasteiger partial charge in [-0.2, -0.15) is 0 Å². The number of hydrogen-bond donors (Lipinski definition) is 0. The van der Waals surface area contributed by atoms with Gasteiger partial charge in [0, 0.05) is 0 Å². The smallest absolute Gasteiger partial charge is 0.203 e. The molecule has 118 heavy (non-hydrogen) atoms. The second kappa shape index (κ2) is 70.2. The molecule has 0 aliphatic carbocycles. The van der Waals surface area contributed by atoms with Gasteiger partial charge < -0.3 is 28.4 Å². The Balaban J connectivity index is 1.10. The van der Waals surface area contributed by atoms with Crippen LogP contribution in [0.1, 0.15) is 449 Å². The van der Waals surface area contributed by atoms with Gasteiger partial charge in [0.15, 0.2) is 23.0 Å². The van der Waals surface area contributed by atoms with Crippen molar-refractivity contribution in [1.82, 2.24) is 0 Å². The maximum atomic E-state index is 6.80. The summed E-state index contributed by atoms with van der Waals surface area (Å²) in [6.45, 7) is 17.9. The fraction of sp³-hybridized carbons (Fsp3) is 0.643. The van der Waals surface area contributed by atoms with Crippen molar-refractivity contribution >= 4 is 24.3 Å². The van der Waals surface area contributed by atoms with Gasteiger partial charge in [-0.1, -0.05) is 510 Å². The Labute approximate surface area is 726 Å². The molecule has 658 valence electrons. The average molecular weight is 1620 g/mol. The molecule has 0 radical (unpaired) electrons. The van der Waals surface area contributed by atoms with Crippen molar-refractivity contribution in [2.45, 2.75) is 427 Å². The average Bonchev–Trinajstić information content (AvgIpc) is 0.810. The molecule has 0 saturated carbocycles. The van der Waals surface area contributed by atoms with Crippen molar-refractivity contribution in [2.24, 2.45) is 0 Å². The molecule has 0 bridgehead atoms. The van der Waals surface area contributed by atoms with Crippen molar-refractivity contribution < 1.29 is 28.4 Å². The first-order valence-corrected chi connectivity index (χ1v) is 50.4. The summed E-state index contributed by atoms with van der Waals surface area (Å²) >= 11 is 0. The van der Waals surface area contributed by atoms with Crippen LogP contribution in [0.4, 0.5) is 0 Å². The zero-order chi connectivity index (χ0) is 83.1. The molecule has 0 aromatic heterocycles. The van der Waals surface area contributed by atoms with E-state index in [1.807, 2.05) is 0 Å². The van der Waals surface area contributed by atoms with Crippen LogP contribution in [-0.4, -0.2) is 39.6 Å². The minimum atomic E-state index is 0.675. The monoisotopic (exact) mass is 1620 g/mol. The fourth-order valence-electron chi connectivity index (χ4n) is 16.3. The minimum absolute atomic E-state index is 0.675. The van der Waals surface area contributed by atoms with E-state index in [1.165, 1.54) is 369 Å². The molecular weight excluding hydrogens is 1440 g/mol. The van der Waals surface area contributed by atoms with Gasteiger partial charge in [-0.05, 0) is 118 Å². The van der Waals surface area contributed by atoms with Crippen LogP contribution >= 0.6 is 0 Å². The van der Waals surface area contributed by atoms with E-state index in [9.17, 15) is 0 Å². The molecule has 0 fully saturated rings. The third kappa shape index (κ3) is 47.1. The molecule has 0 heterocycles. The topological polar surface area (TPSA) is 55.4 Å². The van der Waals surface area contributed by atoms with Gasteiger partial charge in [0.1, 0.15) is 0 Å². The second-order valence-corrected chi connectivity index (χ2v) is 34.9. The van der Waals surface area contributed by atoms with Gasteiger partial charge in [0.05, 0.1) is 39.6 Å². The summed E-state index contributed by atoms with van der Waals surface area (Å²) in [5.41, 5.74) is 11.6. The molecule has 6 aromatic rings. The fourth-order valence-corrected chi connectivity index (χ4v) is 16.3. The Morgan fingerprint density at radius 2 is 0.288 bits per heavy atom. The molecule has 0 aliphatic rings. The largest absolute Gasteiger partial charge is 0.490 e. The summed E-state index contributed by atoms with van der Waals surface area (Å²) in [6.07, 6.45) is 86.8. The van der Waals surface area contributed by atoms with Gasteiger partial charge in [-0.25, -0.2) is 0 Å². The van der Waals surface area contributed by atoms with Gasteiger partial charge in [0.2, 0.25) is 11.5 Å². The number of unbranched alkanes of at least 4 members (excludes halogenated alkanes) is 54. The van der Waals surface area contributed by atoms with Crippen LogP contribution in [0.25, 0.3) is 57.7 Å². The van der Waals surface area contributed by atoms with Crippen LogP contribution in [0.3, 0.4) is 0 Å². The normalized spacial score (nSPS) is 11.6. The lowest BCUT2D eigenvalue weighted by atomic mass is 10.0. The predicted octanol–water partition coefficient (Wildman–Crippen LogP) is 36.8. The highest BCUT2D eigenvalue weighted by Crippen LogP contribution is 2.45. The van der Waals surface area contributed by atoms with E-state index in [1.54, 1.807) is 0 Å². The van der Waals surface area contributed by atoms with Gasteiger partial charge >= 0.3 is 0 Å². The Bertz CT molecular complexity index is 3040. The number of hydrogen-bond acceptors (Lipinski definition) is 6. The lowest BCUT2D eigenvalue weighted by molar-refractivity contribution is 0.234. The Hall–Kier alpha value is -6.40. The van der Waals surface area contributed by atoms with Crippen molar-refractivity contribution in [3.63, 3.8) is 0 Å². The van der Waals surface area contributed by atoms with Crippen molar-refractivity contribution in [2.75, 3.05) is 39.6 Å². The molecule has 0 spiro atoms. The first-order valence-electron chi connectivity index (χ1n) is 50.4. The van der Waals surface area contributed by atoms with Gasteiger partial charge in [-0.3, -0.25) is 0 Å². The molecular formula is C112H174O6. The highest BCUT2D eigenvalue weighted by molar-refractivity contribution is 5.78. The summed E-state index contributed by atoms with van der Waals surface area (Å²) < 4.78 is 40.8. The third-order valence-corrected chi connectivity index (χ3v) is 24.1. The van der Waals surface area contributed by atoms with Crippen molar-refractivity contribution in [1.29, 1.82) is 0 Å². The van der Waals surface area contributed by atoms with Crippen LogP contribution in [0.5, 0.6) is 34.5 Å². The number of ether oxygens (including phenoxy) is 6. The zero-order valence-corrected chi connectivity index (χ0v) is 77.0. The van der Waals surface area contributed by atoms with E-state index in [-0.39, 0.29) is 0 Å². The second-order valence-electron chi connectivity index (χ2n) is 34.9. The third-order valence-electron chi connectivity index (χ3n) is 24.1. The molecule has 6 aromatic carbocycles. The Morgan fingerprint density at radius 1 is 0.153 bits per heavy atom. The van der Waals surface area contributed by atoms with Crippen molar-refractivity contribution in [3.8, 4) is 67.9 Å². The highest BCUT2D eigenvalue weighted by atomic mass is 16.5. The van der Waals surface area contributed by atoms with E-state index < -0.39 is 0 Å². The minimum Gasteiger partial charge on any atom is -0.490 e. The molecule has 0 aliphatic heterocycles. The van der Waals surface area contributed by atoms with Crippen LogP contribution in [0, 0.1) is 0 Å². The summed E-state index contributed by atoms with van der Waals surface area (Å²) in [5, 5.41) is 0. The quantitative estimate of drug-likeness (QED) is 0.0280. The number of benzene rings is 6. The first kappa shape index (κ1) is 100. The number of rotatable bonds is 79.